The Balaban J connectivity index is 1.99. The van der Waals surface area contributed by atoms with Crippen LogP contribution in [0.15, 0.2) is 18.3 Å². The summed E-state index contributed by atoms with van der Waals surface area (Å²) in [7, 11) is 0. The summed E-state index contributed by atoms with van der Waals surface area (Å²) in [6, 6.07) is 3.71. The minimum Gasteiger partial charge on any atom is -0.490 e. The smallest absolute Gasteiger partial charge is 0.166 e. The Morgan fingerprint density at radius 2 is 1.82 bits per heavy atom. The molecule has 0 amide bonds. The average molecular weight is 236 g/mol. The third-order valence-corrected chi connectivity index (χ3v) is 2.81. The molecule has 0 radical (unpaired) electrons. The van der Waals surface area contributed by atoms with Gasteiger partial charge in [0, 0.05) is 6.20 Å². The summed E-state index contributed by atoms with van der Waals surface area (Å²) in [6.07, 6.45) is 10.7. The Morgan fingerprint density at radius 3 is 2.53 bits per heavy atom. The summed E-state index contributed by atoms with van der Waals surface area (Å²) in [5.74, 6) is 1.19. The third-order valence-electron chi connectivity index (χ3n) is 2.81. The molecule has 0 spiro atoms. The highest BCUT2D eigenvalue weighted by Gasteiger charge is 1.99. The predicted molar refractivity (Wildman–Crippen MR) is 72.1 cm³/mol. The monoisotopic (exact) mass is 236 g/mol. The molecule has 0 aliphatic carbocycles. The average Bonchev–Trinajstić information content (AvgIpc) is 2.35. The number of nitrogens with zero attached hydrogens (tertiary/aromatic N) is 1. The number of aromatic nitrogens is 1. The molecule has 0 bridgehead atoms. The van der Waals surface area contributed by atoms with Gasteiger partial charge in [0.25, 0.3) is 0 Å². The summed E-state index contributed by atoms with van der Waals surface area (Å²) in [5.41, 5.74) is 5.68. The maximum Gasteiger partial charge on any atom is 0.166 e. The fourth-order valence-electron chi connectivity index (χ4n) is 1.77. The third kappa shape index (κ3) is 6.15. The fraction of sp³-hybridized carbons (Fsp3) is 0.643. The van der Waals surface area contributed by atoms with Crippen LogP contribution in [-0.4, -0.2) is 11.6 Å². The molecule has 0 saturated heterocycles. The van der Waals surface area contributed by atoms with Crippen molar-refractivity contribution in [2.45, 2.75) is 51.9 Å². The lowest BCUT2D eigenvalue weighted by molar-refractivity contribution is 0.305. The first-order chi connectivity index (χ1) is 8.34. The van der Waals surface area contributed by atoms with E-state index in [-0.39, 0.29) is 0 Å². The van der Waals surface area contributed by atoms with Gasteiger partial charge in [0.05, 0.1) is 6.61 Å². The Labute approximate surface area is 104 Å². The topological polar surface area (TPSA) is 48.1 Å². The van der Waals surface area contributed by atoms with E-state index in [0.717, 1.165) is 13.0 Å². The maximum absolute atomic E-state index is 5.68. The first-order valence-corrected chi connectivity index (χ1v) is 6.68. The number of ether oxygens (including phenoxy) is 1. The number of hydrogen-bond acceptors (Lipinski definition) is 3. The number of unbranched alkanes of at least 4 members (excludes halogenated alkanes) is 6. The van der Waals surface area contributed by atoms with E-state index in [4.69, 9.17) is 10.5 Å². The first-order valence-electron chi connectivity index (χ1n) is 6.68. The second kappa shape index (κ2) is 8.85. The molecular formula is C14H24N2O. The Morgan fingerprint density at radius 1 is 1.12 bits per heavy atom. The van der Waals surface area contributed by atoms with Crippen LogP contribution in [0.4, 0.5) is 5.82 Å². The van der Waals surface area contributed by atoms with Crippen LogP contribution in [0.2, 0.25) is 0 Å². The van der Waals surface area contributed by atoms with E-state index in [1.165, 1.54) is 38.5 Å². The van der Waals surface area contributed by atoms with E-state index in [1.807, 2.05) is 12.1 Å². The van der Waals surface area contributed by atoms with E-state index in [1.54, 1.807) is 6.20 Å². The van der Waals surface area contributed by atoms with Crippen LogP contribution in [0.5, 0.6) is 5.75 Å². The van der Waals surface area contributed by atoms with Crippen LogP contribution in [0.25, 0.3) is 0 Å². The van der Waals surface area contributed by atoms with Gasteiger partial charge in [-0.1, -0.05) is 45.4 Å². The SMILES string of the molecule is CCCCCCCCCOc1cccnc1N. The van der Waals surface area contributed by atoms with Gasteiger partial charge >= 0.3 is 0 Å². The van der Waals surface area contributed by atoms with Gasteiger partial charge in [0.2, 0.25) is 0 Å². The molecule has 1 aromatic rings. The van der Waals surface area contributed by atoms with Gasteiger partial charge < -0.3 is 10.5 Å². The molecule has 0 aromatic carbocycles. The van der Waals surface area contributed by atoms with E-state index < -0.39 is 0 Å². The first kappa shape index (κ1) is 13.8. The summed E-state index contributed by atoms with van der Waals surface area (Å²) >= 11 is 0. The van der Waals surface area contributed by atoms with Crippen molar-refractivity contribution in [2.75, 3.05) is 12.3 Å². The molecule has 2 N–H and O–H groups in total. The van der Waals surface area contributed by atoms with Crippen LogP contribution in [-0.2, 0) is 0 Å². The zero-order valence-corrected chi connectivity index (χ0v) is 10.8. The van der Waals surface area contributed by atoms with E-state index >= 15 is 0 Å². The number of nitrogen functional groups attached to an aromatic ring is 1. The summed E-state index contributed by atoms with van der Waals surface area (Å²) in [6.45, 7) is 2.98. The molecule has 3 nitrogen and oxygen atoms in total. The summed E-state index contributed by atoms with van der Waals surface area (Å²) in [5, 5.41) is 0. The number of anilines is 1. The van der Waals surface area contributed by atoms with Crippen molar-refractivity contribution < 1.29 is 4.74 Å². The second-order valence-electron chi connectivity index (χ2n) is 4.36. The molecule has 0 saturated carbocycles. The number of hydrogen-bond donors (Lipinski definition) is 1. The van der Waals surface area contributed by atoms with Gasteiger partial charge in [-0.3, -0.25) is 0 Å². The molecule has 0 unspecified atom stereocenters. The Kier molecular flexibility index (Phi) is 7.19. The van der Waals surface area contributed by atoms with Crippen molar-refractivity contribution in [3.05, 3.63) is 18.3 Å². The normalized spacial score (nSPS) is 10.4. The van der Waals surface area contributed by atoms with Crippen LogP contribution in [0, 0.1) is 0 Å². The maximum atomic E-state index is 5.68. The van der Waals surface area contributed by atoms with Crippen molar-refractivity contribution in [3.8, 4) is 5.75 Å². The highest BCUT2D eigenvalue weighted by molar-refractivity contribution is 5.44. The molecule has 1 heterocycles. The molecule has 1 aromatic heterocycles. The van der Waals surface area contributed by atoms with Crippen LogP contribution in [0.1, 0.15) is 51.9 Å². The number of pyridine rings is 1. The molecule has 0 aliphatic heterocycles. The lowest BCUT2D eigenvalue weighted by Crippen LogP contribution is -2.01. The van der Waals surface area contributed by atoms with Crippen LogP contribution >= 0.6 is 0 Å². The minimum absolute atomic E-state index is 0.482. The predicted octanol–water partition coefficient (Wildman–Crippen LogP) is 3.79. The number of nitrogens with two attached hydrogens (primary N) is 1. The minimum atomic E-state index is 0.482. The van der Waals surface area contributed by atoms with Crippen LogP contribution < -0.4 is 10.5 Å². The number of rotatable bonds is 9. The summed E-state index contributed by atoms with van der Waals surface area (Å²) in [4.78, 5) is 3.98. The van der Waals surface area contributed by atoms with Gasteiger partial charge in [-0.2, -0.15) is 0 Å². The zero-order valence-electron chi connectivity index (χ0n) is 10.8. The largest absolute Gasteiger partial charge is 0.490 e. The summed E-state index contributed by atoms with van der Waals surface area (Å²) < 4.78 is 5.58. The van der Waals surface area contributed by atoms with Crippen molar-refractivity contribution >= 4 is 5.82 Å². The van der Waals surface area contributed by atoms with Crippen LogP contribution in [0.3, 0.4) is 0 Å². The van der Waals surface area contributed by atoms with E-state index in [2.05, 4.69) is 11.9 Å². The standard InChI is InChI=1S/C14H24N2O/c1-2-3-4-5-6-7-8-12-17-13-10-9-11-16-14(13)15/h9-11H,2-8,12H2,1H3,(H2,15,16). The highest BCUT2D eigenvalue weighted by Crippen LogP contribution is 2.17. The lowest BCUT2D eigenvalue weighted by Gasteiger charge is -2.07. The molecule has 96 valence electrons. The van der Waals surface area contributed by atoms with Gasteiger partial charge in [-0.05, 0) is 18.6 Å². The van der Waals surface area contributed by atoms with Crippen molar-refractivity contribution in [1.29, 1.82) is 0 Å². The van der Waals surface area contributed by atoms with E-state index in [9.17, 15) is 0 Å². The fourth-order valence-corrected chi connectivity index (χ4v) is 1.77. The Hall–Kier alpha value is -1.25. The molecule has 3 heteroatoms. The van der Waals surface area contributed by atoms with E-state index in [0.29, 0.717) is 11.6 Å². The van der Waals surface area contributed by atoms with Gasteiger partial charge in [-0.15, -0.1) is 0 Å². The Bertz CT molecular complexity index is 302. The quantitative estimate of drug-likeness (QED) is 0.663. The molecule has 0 aliphatic rings. The van der Waals surface area contributed by atoms with Crippen molar-refractivity contribution in [2.24, 2.45) is 0 Å². The zero-order chi connectivity index (χ0) is 12.3. The van der Waals surface area contributed by atoms with Gasteiger partial charge in [0.15, 0.2) is 11.6 Å². The van der Waals surface area contributed by atoms with Crippen molar-refractivity contribution in [3.63, 3.8) is 0 Å². The second-order valence-corrected chi connectivity index (χ2v) is 4.36. The highest BCUT2D eigenvalue weighted by atomic mass is 16.5. The molecule has 0 atom stereocenters. The molecule has 0 fully saturated rings. The van der Waals surface area contributed by atoms with Gasteiger partial charge in [-0.25, -0.2) is 4.98 Å². The van der Waals surface area contributed by atoms with Crippen molar-refractivity contribution in [1.82, 2.24) is 4.98 Å². The molecular weight excluding hydrogens is 212 g/mol. The lowest BCUT2D eigenvalue weighted by atomic mass is 10.1. The van der Waals surface area contributed by atoms with Gasteiger partial charge in [0.1, 0.15) is 0 Å². The molecule has 1 rings (SSSR count). The molecule has 17 heavy (non-hydrogen) atoms.